The van der Waals surface area contributed by atoms with E-state index in [-0.39, 0.29) is 0 Å². The lowest BCUT2D eigenvalue weighted by atomic mass is 10.1. The van der Waals surface area contributed by atoms with Gasteiger partial charge in [0.05, 0.1) is 10.5 Å². The van der Waals surface area contributed by atoms with Crippen molar-refractivity contribution in [2.45, 2.75) is 0 Å². The van der Waals surface area contributed by atoms with Crippen LogP contribution in [0.25, 0.3) is 23.1 Å². The fourth-order valence-electron chi connectivity index (χ4n) is 2.38. The van der Waals surface area contributed by atoms with Crippen molar-refractivity contribution in [3.63, 3.8) is 0 Å². The molecular weight excluding hydrogens is 292 g/mol. The molecule has 110 valence electrons. The molecule has 1 aromatic heterocycles. The van der Waals surface area contributed by atoms with Crippen LogP contribution in [0, 0.1) is 0 Å². The van der Waals surface area contributed by atoms with Crippen LogP contribution in [0.5, 0.6) is 0 Å². The molecule has 0 amide bonds. The van der Waals surface area contributed by atoms with Gasteiger partial charge in [0.15, 0.2) is 0 Å². The number of hydrogen-bond donors (Lipinski definition) is 0. The van der Waals surface area contributed by atoms with Gasteiger partial charge in [0, 0.05) is 31.4 Å². The third-order valence-corrected chi connectivity index (χ3v) is 3.93. The van der Waals surface area contributed by atoms with Crippen LogP contribution in [-0.4, -0.2) is 19.1 Å². The zero-order valence-corrected chi connectivity index (χ0v) is 13.4. The van der Waals surface area contributed by atoms with E-state index >= 15 is 0 Å². The normalized spacial score (nSPS) is 11.2. The molecule has 22 heavy (non-hydrogen) atoms. The third kappa shape index (κ3) is 2.97. The fraction of sp³-hybridized carbons (Fsp3) is 0.105. The molecule has 0 aliphatic rings. The first-order valence-electron chi connectivity index (χ1n) is 7.14. The van der Waals surface area contributed by atoms with Crippen molar-refractivity contribution in [2.24, 2.45) is 0 Å². The molecule has 0 unspecified atom stereocenters. The van der Waals surface area contributed by atoms with Gasteiger partial charge in [-0.25, -0.2) is 0 Å². The van der Waals surface area contributed by atoms with E-state index in [9.17, 15) is 0 Å². The average Bonchev–Trinajstić information content (AvgIpc) is 2.54. The predicted octanol–water partition coefficient (Wildman–Crippen LogP) is 5.12. The molecule has 0 N–H and O–H groups in total. The van der Waals surface area contributed by atoms with Gasteiger partial charge < -0.3 is 4.90 Å². The van der Waals surface area contributed by atoms with Gasteiger partial charge in [0.2, 0.25) is 0 Å². The minimum absolute atomic E-state index is 0.683. The van der Waals surface area contributed by atoms with Crippen LogP contribution in [-0.2, 0) is 0 Å². The molecule has 0 saturated heterocycles. The Bertz CT molecular complexity index is 820. The zero-order valence-electron chi connectivity index (χ0n) is 12.6. The number of pyridine rings is 1. The lowest BCUT2D eigenvalue weighted by molar-refractivity contribution is 1.13. The minimum atomic E-state index is 0.683. The molecule has 0 atom stereocenters. The Kier molecular flexibility index (Phi) is 4.12. The summed E-state index contributed by atoms with van der Waals surface area (Å²) in [6.45, 7) is 0. The highest BCUT2D eigenvalue weighted by atomic mass is 35.5. The van der Waals surface area contributed by atoms with Crippen LogP contribution in [0.2, 0.25) is 5.02 Å². The van der Waals surface area contributed by atoms with Crippen LogP contribution >= 0.6 is 11.6 Å². The van der Waals surface area contributed by atoms with Crippen molar-refractivity contribution >= 4 is 40.3 Å². The number of benzene rings is 2. The maximum atomic E-state index is 6.20. The highest BCUT2D eigenvalue weighted by molar-refractivity contribution is 6.35. The second kappa shape index (κ2) is 6.20. The van der Waals surface area contributed by atoms with Gasteiger partial charge in [0.25, 0.3) is 0 Å². The van der Waals surface area contributed by atoms with E-state index < -0.39 is 0 Å². The predicted molar refractivity (Wildman–Crippen MR) is 96.5 cm³/mol. The number of halogens is 1. The number of hydrogen-bond acceptors (Lipinski definition) is 2. The summed E-state index contributed by atoms with van der Waals surface area (Å²) >= 11 is 6.20. The third-order valence-electron chi connectivity index (χ3n) is 3.62. The fourth-order valence-corrected chi connectivity index (χ4v) is 2.60. The van der Waals surface area contributed by atoms with Gasteiger partial charge in [-0.2, -0.15) is 0 Å². The molecule has 0 saturated carbocycles. The Labute approximate surface area is 135 Å². The quantitative estimate of drug-likeness (QED) is 0.667. The topological polar surface area (TPSA) is 16.1 Å². The van der Waals surface area contributed by atoms with E-state index in [2.05, 4.69) is 46.3 Å². The van der Waals surface area contributed by atoms with E-state index in [1.807, 2.05) is 38.4 Å². The molecule has 3 aromatic rings. The largest absolute Gasteiger partial charge is 0.378 e. The van der Waals surface area contributed by atoms with Crippen LogP contribution in [0.4, 0.5) is 5.69 Å². The first-order chi connectivity index (χ1) is 10.6. The lowest BCUT2D eigenvalue weighted by Gasteiger charge is -2.11. The monoisotopic (exact) mass is 308 g/mol. The van der Waals surface area contributed by atoms with Crippen molar-refractivity contribution in [1.82, 2.24) is 4.98 Å². The molecular formula is C19H17ClN2. The number of rotatable bonds is 3. The summed E-state index contributed by atoms with van der Waals surface area (Å²) in [5, 5.41) is 1.75. The van der Waals surface area contributed by atoms with E-state index in [1.165, 1.54) is 5.69 Å². The second-order valence-electron chi connectivity index (χ2n) is 5.36. The molecule has 0 bridgehead atoms. The maximum Gasteiger partial charge on any atom is 0.0894 e. The number of fused-ring (bicyclic) bond motifs is 1. The van der Waals surface area contributed by atoms with Crippen molar-refractivity contribution in [2.75, 3.05) is 19.0 Å². The Morgan fingerprint density at radius 3 is 2.45 bits per heavy atom. The summed E-state index contributed by atoms with van der Waals surface area (Å²) in [7, 11) is 4.08. The summed E-state index contributed by atoms with van der Waals surface area (Å²) < 4.78 is 0. The van der Waals surface area contributed by atoms with E-state index in [4.69, 9.17) is 11.6 Å². The standard InChI is InChI=1S/C19H17ClN2/c1-22(2)16-10-7-14(8-11-16)6-9-15-12-13-21-19-17(15)4-3-5-18(19)20/h3-13H,1-2H3/b9-6-. The molecule has 3 rings (SSSR count). The average molecular weight is 309 g/mol. The number of aromatic nitrogens is 1. The van der Waals surface area contributed by atoms with Gasteiger partial charge in [-0.15, -0.1) is 0 Å². The van der Waals surface area contributed by atoms with Crippen LogP contribution in [0.15, 0.2) is 54.7 Å². The number of para-hydroxylation sites is 1. The number of nitrogens with zero attached hydrogens (tertiary/aromatic N) is 2. The van der Waals surface area contributed by atoms with Crippen LogP contribution < -0.4 is 4.90 Å². The SMILES string of the molecule is CN(C)c1ccc(/C=C\c2ccnc3c(Cl)cccc23)cc1. The Balaban J connectivity index is 1.94. The van der Waals surface area contributed by atoms with Gasteiger partial charge in [-0.05, 0) is 35.4 Å². The van der Waals surface area contributed by atoms with Crippen LogP contribution in [0.1, 0.15) is 11.1 Å². The van der Waals surface area contributed by atoms with Gasteiger partial charge in [0.1, 0.15) is 0 Å². The minimum Gasteiger partial charge on any atom is -0.378 e. The van der Waals surface area contributed by atoms with Gasteiger partial charge in [-0.1, -0.05) is 48.0 Å². The number of anilines is 1. The zero-order chi connectivity index (χ0) is 15.5. The second-order valence-corrected chi connectivity index (χ2v) is 5.76. The summed E-state index contributed by atoms with van der Waals surface area (Å²) in [6, 6.07) is 16.3. The van der Waals surface area contributed by atoms with E-state index in [1.54, 1.807) is 6.20 Å². The molecule has 0 aliphatic carbocycles. The molecule has 2 aromatic carbocycles. The van der Waals surface area contributed by atoms with Crippen molar-refractivity contribution in [3.8, 4) is 0 Å². The Morgan fingerprint density at radius 1 is 0.955 bits per heavy atom. The molecule has 0 radical (unpaired) electrons. The van der Waals surface area contributed by atoms with Gasteiger partial charge >= 0.3 is 0 Å². The molecule has 0 spiro atoms. The molecule has 2 nitrogen and oxygen atoms in total. The molecule has 0 fully saturated rings. The summed E-state index contributed by atoms with van der Waals surface area (Å²) in [4.78, 5) is 6.45. The molecule has 3 heteroatoms. The molecule has 1 heterocycles. The highest BCUT2D eigenvalue weighted by Crippen LogP contribution is 2.25. The molecule has 0 aliphatic heterocycles. The summed E-state index contributed by atoms with van der Waals surface area (Å²) in [5.74, 6) is 0. The van der Waals surface area contributed by atoms with Gasteiger partial charge in [-0.3, -0.25) is 4.98 Å². The van der Waals surface area contributed by atoms with E-state index in [0.717, 1.165) is 22.0 Å². The van der Waals surface area contributed by atoms with Crippen molar-refractivity contribution in [1.29, 1.82) is 0 Å². The first kappa shape index (κ1) is 14.6. The van der Waals surface area contributed by atoms with Crippen LogP contribution in [0.3, 0.4) is 0 Å². The highest BCUT2D eigenvalue weighted by Gasteiger charge is 2.02. The van der Waals surface area contributed by atoms with Crippen molar-refractivity contribution in [3.05, 3.63) is 70.9 Å². The Hall–Kier alpha value is -2.32. The maximum absolute atomic E-state index is 6.20. The summed E-state index contributed by atoms with van der Waals surface area (Å²) in [6.07, 6.45) is 6.00. The van der Waals surface area contributed by atoms with Crippen molar-refractivity contribution < 1.29 is 0 Å². The Morgan fingerprint density at radius 2 is 1.73 bits per heavy atom. The lowest BCUT2D eigenvalue weighted by Crippen LogP contribution is -2.07. The summed E-state index contributed by atoms with van der Waals surface area (Å²) in [5.41, 5.74) is 4.31. The first-order valence-corrected chi connectivity index (χ1v) is 7.51. The smallest absolute Gasteiger partial charge is 0.0894 e. The van der Waals surface area contributed by atoms with E-state index in [0.29, 0.717) is 5.02 Å².